The van der Waals surface area contributed by atoms with E-state index in [1.165, 1.54) is 22.9 Å². The molecule has 0 aliphatic rings. The van der Waals surface area contributed by atoms with Crippen LogP contribution in [-0.2, 0) is 4.79 Å². The Kier molecular flexibility index (Phi) is 6.51. The maximum absolute atomic E-state index is 12.5. The molecule has 2 aromatic heterocycles. The summed E-state index contributed by atoms with van der Waals surface area (Å²) in [6, 6.07) is 15.4. The summed E-state index contributed by atoms with van der Waals surface area (Å²) in [6.45, 7) is 6.07. The minimum atomic E-state index is -0.120. The number of nitrogens with one attached hydrogen (secondary N) is 1. The molecule has 162 valence electrons. The number of hydrogen-bond donors (Lipinski definition) is 1. The van der Waals surface area contributed by atoms with Gasteiger partial charge in [-0.25, -0.2) is 0 Å². The van der Waals surface area contributed by atoms with Crippen LogP contribution in [0.2, 0.25) is 0 Å². The first kappa shape index (κ1) is 21.6. The summed E-state index contributed by atoms with van der Waals surface area (Å²) >= 11 is 1.34. The highest BCUT2D eigenvalue weighted by molar-refractivity contribution is 7.99. The van der Waals surface area contributed by atoms with Crippen molar-refractivity contribution in [2.24, 2.45) is 0 Å². The van der Waals surface area contributed by atoms with Gasteiger partial charge in [0.1, 0.15) is 17.8 Å². The quantitative estimate of drug-likeness (QED) is 0.398. The van der Waals surface area contributed by atoms with Gasteiger partial charge in [0, 0.05) is 17.6 Å². The molecule has 1 N–H and O–H groups in total. The monoisotopic (exact) mass is 445 g/mol. The van der Waals surface area contributed by atoms with Crippen molar-refractivity contribution < 1.29 is 9.53 Å². The van der Waals surface area contributed by atoms with Crippen LogP contribution in [0.15, 0.2) is 72.4 Å². The van der Waals surface area contributed by atoms with Crippen LogP contribution in [0.3, 0.4) is 0 Å². The number of carbonyl (C=O) groups is 1. The number of anilines is 1. The van der Waals surface area contributed by atoms with E-state index in [1.54, 1.807) is 18.7 Å². The van der Waals surface area contributed by atoms with E-state index in [4.69, 9.17) is 4.74 Å². The van der Waals surface area contributed by atoms with Gasteiger partial charge in [-0.1, -0.05) is 17.8 Å². The largest absolute Gasteiger partial charge is 0.455 e. The Morgan fingerprint density at radius 2 is 1.94 bits per heavy atom. The van der Waals surface area contributed by atoms with Crippen molar-refractivity contribution in [1.82, 2.24) is 19.7 Å². The topological polar surface area (TPSA) is 81.9 Å². The molecule has 0 fully saturated rings. The summed E-state index contributed by atoms with van der Waals surface area (Å²) in [7, 11) is 0. The molecule has 1 amide bonds. The van der Waals surface area contributed by atoms with Gasteiger partial charge in [0.05, 0.1) is 11.9 Å². The fraction of sp³-hybridized carbons (Fsp3) is 0.167. The minimum Gasteiger partial charge on any atom is -0.455 e. The maximum atomic E-state index is 12.5. The number of thioether (sulfide) groups is 1. The Morgan fingerprint density at radius 1 is 1.06 bits per heavy atom. The van der Waals surface area contributed by atoms with Gasteiger partial charge in [0.25, 0.3) is 0 Å². The molecular weight excluding hydrogens is 422 g/mol. The second-order valence-electron chi connectivity index (χ2n) is 7.36. The fourth-order valence-electron chi connectivity index (χ4n) is 3.08. The molecular formula is C24H23N5O2S. The van der Waals surface area contributed by atoms with Gasteiger partial charge in [-0.15, -0.1) is 10.2 Å². The van der Waals surface area contributed by atoms with E-state index >= 15 is 0 Å². The van der Waals surface area contributed by atoms with Crippen molar-refractivity contribution in [3.8, 4) is 17.2 Å². The number of carbonyl (C=O) groups excluding carboxylic acids is 1. The summed E-state index contributed by atoms with van der Waals surface area (Å²) in [5.74, 6) is 1.48. The molecule has 7 nitrogen and oxygen atoms in total. The first-order chi connectivity index (χ1) is 15.5. The van der Waals surface area contributed by atoms with Crippen molar-refractivity contribution in [1.29, 1.82) is 0 Å². The summed E-state index contributed by atoms with van der Waals surface area (Å²) < 4.78 is 7.73. The lowest BCUT2D eigenvalue weighted by Crippen LogP contribution is -2.14. The summed E-state index contributed by atoms with van der Waals surface area (Å²) in [4.78, 5) is 16.6. The standard InChI is InChI=1S/C24H23N5O2S/c1-16-6-8-20(12-17(16)2)29-15-26-28-24(29)32-14-23(30)27-19-7-9-22(18(3)11-19)31-21-5-4-10-25-13-21/h4-13,15H,14H2,1-3H3,(H,27,30). The molecule has 0 bridgehead atoms. The first-order valence-electron chi connectivity index (χ1n) is 10.1. The smallest absolute Gasteiger partial charge is 0.234 e. The molecule has 0 spiro atoms. The fourth-order valence-corrected chi connectivity index (χ4v) is 3.81. The van der Waals surface area contributed by atoms with E-state index in [2.05, 4.69) is 46.5 Å². The van der Waals surface area contributed by atoms with Gasteiger partial charge in [-0.3, -0.25) is 14.3 Å². The third-order valence-electron chi connectivity index (χ3n) is 4.94. The van der Waals surface area contributed by atoms with Crippen LogP contribution in [0.1, 0.15) is 16.7 Å². The molecule has 0 radical (unpaired) electrons. The lowest BCUT2D eigenvalue weighted by Gasteiger charge is -2.11. The van der Waals surface area contributed by atoms with E-state index in [9.17, 15) is 4.79 Å². The Hall–Kier alpha value is -3.65. The van der Waals surface area contributed by atoms with Crippen LogP contribution in [0, 0.1) is 20.8 Å². The first-order valence-corrected chi connectivity index (χ1v) is 11.1. The van der Waals surface area contributed by atoms with Gasteiger partial charge in [-0.05, 0) is 79.9 Å². The van der Waals surface area contributed by atoms with Gasteiger partial charge in [0.15, 0.2) is 5.16 Å². The second kappa shape index (κ2) is 9.65. The third kappa shape index (κ3) is 5.15. The molecule has 2 aromatic carbocycles. The molecule has 0 atom stereocenters. The van der Waals surface area contributed by atoms with E-state index < -0.39 is 0 Å². The van der Waals surface area contributed by atoms with Crippen molar-refractivity contribution in [2.45, 2.75) is 25.9 Å². The van der Waals surface area contributed by atoms with E-state index in [-0.39, 0.29) is 11.7 Å². The summed E-state index contributed by atoms with van der Waals surface area (Å²) in [5, 5.41) is 11.8. The van der Waals surface area contributed by atoms with Crippen LogP contribution in [0.5, 0.6) is 11.5 Å². The third-order valence-corrected chi connectivity index (χ3v) is 5.88. The molecule has 0 saturated carbocycles. The van der Waals surface area contributed by atoms with Gasteiger partial charge in [0.2, 0.25) is 5.91 Å². The van der Waals surface area contributed by atoms with Crippen molar-refractivity contribution >= 4 is 23.4 Å². The highest BCUT2D eigenvalue weighted by atomic mass is 32.2. The van der Waals surface area contributed by atoms with E-state index in [0.717, 1.165) is 11.3 Å². The molecule has 0 aliphatic carbocycles. The van der Waals surface area contributed by atoms with Crippen LogP contribution in [-0.4, -0.2) is 31.4 Å². The SMILES string of the molecule is Cc1ccc(-n2cnnc2SCC(=O)Nc2ccc(Oc3cccnc3)c(C)c2)cc1C. The number of rotatable bonds is 7. The van der Waals surface area contributed by atoms with Crippen molar-refractivity contribution in [3.05, 3.63) is 83.9 Å². The lowest BCUT2D eigenvalue weighted by molar-refractivity contribution is -0.113. The summed E-state index contributed by atoms with van der Waals surface area (Å²) in [6.07, 6.45) is 5.01. The van der Waals surface area contributed by atoms with Gasteiger partial charge >= 0.3 is 0 Å². The van der Waals surface area contributed by atoms with Crippen LogP contribution < -0.4 is 10.1 Å². The second-order valence-corrected chi connectivity index (χ2v) is 8.30. The number of aryl methyl sites for hydroxylation is 3. The molecule has 0 unspecified atom stereocenters. The van der Waals surface area contributed by atoms with Gasteiger partial charge in [-0.2, -0.15) is 0 Å². The molecule has 0 saturated heterocycles. The maximum Gasteiger partial charge on any atom is 0.234 e. The number of amides is 1. The molecule has 4 aromatic rings. The zero-order valence-electron chi connectivity index (χ0n) is 18.1. The molecule has 0 aliphatic heterocycles. The summed E-state index contributed by atoms with van der Waals surface area (Å²) in [5.41, 5.74) is 5.01. The van der Waals surface area contributed by atoms with E-state index in [0.29, 0.717) is 22.3 Å². The Labute approximate surface area is 190 Å². The Bertz CT molecular complexity index is 1240. The molecule has 2 heterocycles. The number of benzene rings is 2. The highest BCUT2D eigenvalue weighted by Crippen LogP contribution is 2.27. The average molecular weight is 446 g/mol. The number of ether oxygens (including phenoxy) is 1. The zero-order valence-corrected chi connectivity index (χ0v) is 18.9. The lowest BCUT2D eigenvalue weighted by atomic mass is 10.1. The Balaban J connectivity index is 1.37. The van der Waals surface area contributed by atoms with Crippen molar-refractivity contribution in [2.75, 3.05) is 11.1 Å². The van der Waals surface area contributed by atoms with Crippen LogP contribution in [0.4, 0.5) is 5.69 Å². The number of nitrogens with zero attached hydrogens (tertiary/aromatic N) is 4. The predicted molar refractivity (Wildman–Crippen MR) is 126 cm³/mol. The number of pyridine rings is 1. The number of hydrogen-bond acceptors (Lipinski definition) is 6. The molecule has 4 rings (SSSR count). The average Bonchev–Trinajstić information content (AvgIpc) is 3.25. The zero-order chi connectivity index (χ0) is 22.5. The predicted octanol–water partition coefficient (Wildman–Crippen LogP) is 5.11. The Morgan fingerprint density at radius 3 is 2.69 bits per heavy atom. The van der Waals surface area contributed by atoms with Crippen LogP contribution >= 0.6 is 11.8 Å². The van der Waals surface area contributed by atoms with Gasteiger partial charge < -0.3 is 10.1 Å². The number of aromatic nitrogens is 4. The molecule has 8 heteroatoms. The van der Waals surface area contributed by atoms with Crippen LogP contribution in [0.25, 0.3) is 5.69 Å². The van der Waals surface area contributed by atoms with Crippen molar-refractivity contribution in [3.63, 3.8) is 0 Å². The van der Waals surface area contributed by atoms with E-state index in [1.807, 2.05) is 47.9 Å². The normalized spacial score (nSPS) is 10.7. The highest BCUT2D eigenvalue weighted by Gasteiger charge is 2.12. The molecule has 32 heavy (non-hydrogen) atoms. The minimum absolute atomic E-state index is 0.120.